The Morgan fingerprint density at radius 2 is 2.25 bits per heavy atom. The normalized spacial score (nSPS) is 12.2. The van der Waals surface area contributed by atoms with E-state index in [2.05, 4.69) is 0 Å². The highest BCUT2D eigenvalue weighted by molar-refractivity contribution is 5.34. The Bertz CT molecular complexity index is 328. The van der Waals surface area contributed by atoms with E-state index in [1.807, 2.05) is 6.07 Å². The Hall–Kier alpha value is -1.40. The van der Waals surface area contributed by atoms with Crippen molar-refractivity contribution in [1.82, 2.24) is 0 Å². The van der Waals surface area contributed by atoms with Gasteiger partial charge < -0.3 is 5.11 Å². The molecular formula is C9H8FNO. The molecule has 0 aliphatic carbocycles. The van der Waals surface area contributed by atoms with E-state index in [1.165, 1.54) is 25.1 Å². The smallest absolute Gasteiger partial charge is 0.129 e. The lowest BCUT2D eigenvalue weighted by molar-refractivity contribution is 0.194. The standard InChI is InChI=1S/C9H8FNO/c1-6(12)8-4-7(5-11)2-3-9(8)10/h2-4,6,12H,1H3. The van der Waals surface area contributed by atoms with Gasteiger partial charge in [-0.25, -0.2) is 4.39 Å². The zero-order valence-corrected chi connectivity index (χ0v) is 6.58. The molecule has 1 atom stereocenters. The van der Waals surface area contributed by atoms with E-state index in [4.69, 9.17) is 10.4 Å². The second-order valence-corrected chi connectivity index (χ2v) is 2.52. The molecule has 0 saturated carbocycles. The minimum atomic E-state index is -0.877. The lowest BCUT2D eigenvalue weighted by Gasteiger charge is -2.05. The van der Waals surface area contributed by atoms with Gasteiger partial charge in [0.2, 0.25) is 0 Å². The number of nitrogens with zero attached hydrogens (tertiary/aromatic N) is 1. The summed E-state index contributed by atoms with van der Waals surface area (Å²) in [5, 5.41) is 17.6. The van der Waals surface area contributed by atoms with E-state index >= 15 is 0 Å². The highest BCUT2D eigenvalue weighted by atomic mass is 19.1. The largest absolute Gasteiger partial charge is 0.389 e. The summed E-state index contributed by atoms with van der Waals surface area (Å²) in [6, 6.07) is 5.78. The molecule has 0 saturated heterocycles. The highest BCUT2D eigenvalue weighted by Gasteiger charge is 2.07. The minimum absolute atomic E-state index is 0.161. The molecular weight excluding hydrogens is 157 g/mol. The van der Waals surface area contributed by atoms with Gasteiger partial charge in [0.25, 0.3) is 0 Å². The van der Waals surface area contributed by atoms with E-state index in [-0.39, 0.29) is 5.56 Å². The quantitative estimate of drug-likeness (QED) is 0.688. The number of benzene rings is 1. The second-order valence-electron chi connectivity index (χ2n) is 2.52. The maximum absolute atomic E-state index is 12.9. The molecule has 0 radical (unpaired) electrons. The van der Waals surface area contributed by atoms with Crippen LogP contribution >= 0.6 is 0 Å². The lowest BCUT2D eigenvalue weighted by atomic mass is 10.1. The Morgan fingerprint density at radius 1 is 1.58 bits per heavy atom. The van der Waals surface area contributed by atoms with Crippen LogP contribution < -0.4 is 0 Å². The van der Waals surface area contributed by atoms with Crippen LogP contribution in [0.3, 0.4) is 0 Å². The molecule has 1 rings (SSSR count). The van der Waals surface area contributed by atoms with Crippen molar-refractivity contribution in [1.29, 1.82) is 5.26 Å². The third-order valence-corrected chi connectivity index (χ3v) is 1.58. The first-order valence-electron chi connectivity index (χ1n) is 3.52. The van der Waals surface area contributed by atoms with Crippen LogP contribution in [-0.4, -0.2) is 5.11 Å². The zero-order chi connectivity index (χ0) is 9.14. The maximum Gasteiger partial charge on any atom is 0.129 e. The molecule has 3 heteroatoms. The van der Waals surface area contributed by atoms with Crippen LogP contribution in [0.4, 0.5) is 4.39 Å². The monoisotopic (exact) mass is 165 g/mol. The summed E-state index contributed by atoms with van der Waals surface area (Å²) in [5.41, 5.74) is 0.515. The van der Waals surface area contributed by atoms with Crippen molar-refractivity contribution < 1.29 is 9.50 Å². The molecule has 0 heterocycles. The van der Waals surface area contributed by atoms with Crippen molar-refractivity contribution in [2.45, 2.75) is 13.0 Å². The van der Waals surface area contributed by atoms with Crippen LogP contribution in [0.25, 0.3) is 0 Å². The van der Waals surface area contributed by atoms with Crippen LogP contribution in [0.2, 0.25) is 0 Å². The number of hydrogen-bond acceptors (Lipinski definition) is 2. The van der Waals surface area contributed by atoms with E-state index in [0.29, 0.717) is 5.56 Å². The highest BCUT2D eigenvalue weighted by Crippen LogP contribution is 2.17. The third kappa shape index (κ3) is 1.60. The van der Waals surface area contributed by atoms with Crippen molar-refractivity contribution in [3.05, 3.63) is 35.1 Å². The summed E-state index contributed by atoms with van der Waals surface area (Å²) < 4.78 is 12.9. The average molecular weight is 165 g/mol. The summed E-state index contributed by atoms with van der Waals surface area (Å²) in [4.78, 5) is 0. The molecule has 0 amide bonds. The molecule has 1 N–H and O–H groups in total. The summed E-state index contributed by atoms with van der Waals surface area (Å²) in [6.07, 6.45) is -0.877. The van der Waals surface area contributed by atoms with Gasteiger partial charge in [0.05, 0.1) is 17.7 Å². The fourth-order valence-electron chi connectivity index (χ4n) is 0.933. The van der Waals surface area contributed by atoms with Crippen molar-refractivity contribution >= 4 is 0 Å². The van der Waals surface area contributed by atoms with Crippen LogP contribution in [0.5, 0.6) is 0 Å². The van der Waals surface area contributed by atoms with Gasteiger partial charge in [-0.1, -0.05) is 0 Å². The van der Waals surface area contributed by atoms with Crippen molar-refractivity contribution in [2.75, 3.05) is 0 Å². The van der Waals surface area contributed by atoms with Crippen LogP contribution in [-0.2, 0) is 0 Å². The number of halogens is 1. The first kappa shape index (κ1) is 8.69. The van der Waals surface area contributed by atoms with Gasteiger partial charge in [0, 0.05) is 5.56 Å². The van der Waals surface area contributed by atoms with Crippen molar-refractivity contribution in [3.8, 4) is 6.07 Å². The maximum atomic E-state index is 12.9. The summed E-state index contributed by atoms with van der Waals surface area (Å²) in [5.74, 6) is -0.482. The second kappa shape index (κ2) is 3.33. The summed E-state index contributed by atoms with van der Waals surface area (Å²) >= 11 is 0. The Balaban J connectivity index is 3.19. The van der Waals surface area contributed by atoms with E-state index < -0.39 is 11.9 Å². The fourth-order valence-corrected chi connectivity index (χ4v) is 0.933. The third-order valence-electron chi connectivity index (χ3n) is 1.58. The van der Waals surface area contributed by atoms with E-state index in [0.717, 1.165) is 0 Å². The van der Waals surface area contributed by atoms with Gasteiger partial charge in [-0.05, 0) is 25.1 Å². The number of nitriles is 1. The predicted octanol–water partition coefficient (Wildman–Crippen LogP) is 1.75. The predicted molar refractivity (Wildman–Crippen MR) is 41.7 cm³/mol. The van der Waals surface area contributed by atoms with Gasteiger partial charge in [-0.15, -0.1) is 0 Å². The number of rotatable bonds is 1. The van der Waals surface area contributed by atoms with Gasteiger partial charge >= 0.3 is 0 Å². The topological polar surface area (TPSA) is 44.0 Å². The van der Waals surface area contributed by atoms with Crippen molar-refractivity contribution in [2.24, 2.45) is 0 Å². The fraction of sp³-hybridized carbons (Fsp3) is 0.222. The molecule has 0 fully saturated rings. The molecule has 2 nitrogen and oxygen atoms in total. The van der Waals surface area contributed by atoms with Gasteiger partial charge in [0.1, 0.15) is 5.82 Å². The Kier molecular flexibility index (Phi) is 2.41. The minimum Gasteiger partial charge on any atom is -0.389 e. The Morgan fingerprint density at radius 3 is 2.75 bits per heavy atom. The molecule has 0 aliphatic heterocycles. The van der Waals surface area contributed by atoms with Gasteiger partial charge in [-0.3, -0.25) is 0 Å². The molecule has 0 aliphatic rings. The van der Waals surface area contributed by atoms with Gasteiger partial charge in [0.15, 0.2) is 0 Å². The Labute approximate surface area is 69.9 Å². The molecule has 1 aromatic rings. The molecule has 0 aromatic heterocycles. The van der Waals surface area contributed by atoms with Crippen molar-refractivity contribution in [3.63, 3.8) is 0 Å². The molecule has 12 heavy (non-hydrogen) atoms. The van der Waals surface area contributed by atoms with Crippen LogP contribution in [0, 0.1) is 17.1 Å². The lowest BCUT2D eigenvalue weighted by Crippen LogP contribution is -1.96. The number of hydrogen-bond donors (Lipinski definition) is 1. The number of aliphatic hydroxyl groups excluding tert-OH is 1. The number of aliphatic hydroxyl groups is 1. The van der Waals surface area contributed by atoms with Crippen LogP contribution in [0.1, 0.15) is 24.2 Å². The molecule has 62 valence electrons. The van der Waals surface area contributed by atoms with E-state index in [9.17, 15) is 4.39 Å². The van der Waals surface area contributed by atoms with Gasteiger partial charge in [-0.2, -0.15) is 5.26 Å². The molecule has 1 unspecified atom stereocenters. The molecule has 0 bridgehead atoms. The SMILES string of the molecule is CC(O)c1cc(C#N)ccc1F. The average Bonchev–Trinajstić information content (AvgIpc) is 2.05. The summed E-state index contributed by atoms with van der Waals surface area (Å²) in [7, 11) is 0. The van der Waals surface area contributed by atoms with E-state index in [1.54, 1.807) is 0 Å². The molecule has 0 spiro atoms. The first-order chi connectivity index (χ1) is 5.65. The van der Waals surface area contributed by atoms with Crippen LogP contribution in [0.15, 0.2) is 18.2 Å². The summed E-state index contributed by atoms with van der Waals surface area (Å²) in [6.45, 7) is 1.46. The molecule has 1 aromatic carbocycles. The zero-order valence-electron chi connectivity index (χ0n) is 6.58. The first-order valence-corrected chi connectivity index (χ1v) is 3.52.